The standard InChI is InChI=1S/C12H26N2O4/c1-10(2)8-18-9-11(15)6-13-7-12(16)14-4-5-17-3/h10-11,13,15H,4-9H2,1-3H3,(H,14,16). The van der Waals surface area contributed by atoms with Crippen molar-refractivity contribution in [2.45, 2.75) is 20.0 Å². The van der Waals surface area contributed by atoms with Crippen molar-refractivity contribution in [1.29, 1.82) is 0 Å². The van der Waals surface area contributed by atoms with Gasteiger partial charge in [-0.3, -0.25) is 4.79 Å². The van der Waals surface area contributed by atoms with Crippen LogP contribution in [0, 0.1) is 5.92 Å². The average Bonchev–Trinajstić information content (AvgIpc) is 2.29. The van der Waals surface area contributed by atoms with Gasteiger partial charge >= 0.3 is 0 Å². The minimum atomic E-state index is -0.587. The zero-order chi connectivity index (χ0) is 13.8. The fourth-order valence-electron chi connectivity index (χ4n) is 1.21. The minimum Gasteiger partial charge on any atom is -0.389 e. The summed E-state index contributed by atoms with van der Waals surface area (Å²) in [5, 5.41) is 15.1. The average molecular weight is 262 g/mol. The van der Waals surface area contributed by atoms with Crippen molar-refractivity contribution in [2.75, 3.05) is 46.6 Å². The van der Waals surface area contributed by atoms with Crippen molar-refractivity contribution in [2.24, 2.45) is 5.92 Å². The van der Waals surface area contributed by atoms with E-state index in [2.05, 4.69) is 24.5 Å². The number of methoxy groups -OCH3 is 1. The molecule has 0 saturated carbocycles. The zero-order valence-corrected chi connectivity index (χ0v) is 11.6. The maximum absolute atomic E-state index is 11.3. The Morgan fingerprint density at radius 3 is 2.67 bits per heavy atom. The van der Waals surface area contributed by atoms with E-state index in [1.54, 1.807) is 7.11 Å². The van der Waals surface area contributed by atoms with E-state index in [-0.39, 0.29) is 19.1 Å². The Hall–Kier alpha value is -0.690. The number of aliphatic hydroxyl groups is 1. The molecule has 6 nitrogen and oxygen atoms in total. The second-order valence-electron chi connectivity index (χ2n) is 4.56. The SMILES string of the molecule is COCCNC(=O)CNCC(O)COCC(C)C. The van der Waals surface area contributed by atoms with Crippen molar-refractivity contribution >= 4 is 5.91 Å². The van der Waals surface area contributed by atoms with E-state index < -0.39 is 6.10 Å². The number of hydrogen-bond acceptors (Lipinski definition) is 5. The molecule has 0 saturated heterocycles. The zero-order valence-electron chi connectivity index (χ0n) is 11.6. The Balaban J connectivity index is 3.38. The topological polar surface area (TPSA) is 79.8 Å². The molecular weight excluding hydrogens is 236 g/mol. The maximum atomic E-state index is 11.3. The molecule has 18 heavy (non-hydrogen) atoms. The number of rotatable bonds is 11. The van der Waals surface area contributed by atoms with Gasteiger partial charge in [-0.15, -0.1) is 0 Å². The normalized spacial score (nSPS) is 12.7. The molecule has 1 unspecified atom stereocenters. The van der Waals surface area contributed by atoms with Gasteiger partial charge in [0.2, 0.25) is 5.91 Å². The molecule has 1 atom stereocenters. The number of hydrogen-bond donors (Lipinski definition) is 3. The Bertz CT molecular complexity index is 212. The van der Waals surface area contributed by atoms with E-state index in [1.165, 1.54) is 0 Å². The van der Waals surface area contributed by atoms with Gasteiger partial charge in [-0.05, 0) is 5.92 Å². The Kier molecular flexibility index (Phi) is 11.0. The van der Waals surface area contributed by atoms with Crippen LogP contribution in [0.25, 0.3) is 0 Å². The molecule has 0 fully saturated rings. The minimum absolute atomic E-state index is 0.109. The van der Waals surface area contributed by atoms with Gasteiger partial charge in [0.1, 0.15) is 0 Å². The molecule has 108 valence electrons. The van der Waals surface area contributed by atoms with Crippen LogP contribution in [-0.2, 0) is 14.3 Å². The van der Waals surface area contributed by atoms with E-state index in [0.717, 1.165) is 0 Å². The number of ether oxygens (including phenoxy) is 2. The fourth-order valence-corrected chi connectivity index (χ4v) is 1.21. The van der Waals surface area contributed by atoms with Crippen LogP contribution in [0.5, 0.6) is 0 Å². The van der Waals surface area contributed by atoms with Crippen molar-refractivity contribution in [3.8, 4) is 0 Å². The summed E-state index contributed by atoms with van der Waals surface area (Å²) in [7, 11) is 1.58. The lowest BCUT2D eigenvalue weighted by Crippen LogP contribution is -2.39. The molecule has 0 aliphatic rings. The lowest BCUT2D eigenvalue weighted by molar-refractivity contribution is -0.120. The molecule has 3 N–H and O–H groups in total. The second-order valence-corrected chi connectivity index (χ2v) is 4.56. The van der Waals surface area contributed by atoms with Crippen LogP contribution in [0.15, 0.2) is 0 Å². The third-order valence-electron chi connectivity index (χ3n) is 2.06. The molecule has 0 bridgehead atoms. The van der Waals surface area contributed by atoms with Gasteiger partial charge in [-0.1, -0.05) is 13.8 Å². The quantitative estimate of drug-likeness (QED) is 0.432. The summed E-state index contributed by atoms with van der Waals surface area (Å²) in [6.07, 6.45) is -0.587. The first-order valence-electron chi connectivity index (χ1n) is 6.28. The largest absolute Gasteiger partial charge is 0.389 e. The van der Waals surface area contributed by atoms with Gasteiger partial charge in [-0.2, -0.15) is 0 Å². The van der Waals surface area contributed by atoms with Crippen LogP contribution in [0.2, 0.25) is 0 Å². The molecule has 0 aromatic heterocycles. The number of nitrogens with one attached hydrogen (secondary N) is 2. The Morgan fingerprint density at radius 1 is 1.33 bits per heavy atom. The number of carbonyl (C=O) groups is 1. The van der Waals surface area contributed by atoms with E-state index in [0.29, 0.717) is 32.2 Å². The first-order chi connectivity index (χ1) is 8.56. The third-order valence-corrected chi connectivity index (χ3v) is 2.06. The van der Waals surface area contributed by atoms with Crippen molar-refractivity contribution in [3.63, 3.8) is 0 Å². The summed E-state index contributed by atoms with van der Waals surface area (Å²) < 4.78 is 10.1. The summed E-state index contributed by atoms with van der Waals surface area (Å²) in [5.41, 5.74) is 0. The second kappa shape index (κ2) is 11.4. The van der Waals surface area contributed by atoms with Crippen LogP contribution < -0.4 is 10.6 Å². The predicted octanol–water partition coefficient (Wildman–Crippen LogP) is -0.628. The number of amides is 1. The van der Waals surface area contributed by atoms with Gasteiger partial charge in [0.05, 0.1) is 25.9 Å². The van der Waals surface area contributed by atoms with Crippen molar-refractivity contribution in [1.82, 2.24) is 10.6 Å². The van der Waals surface area contributed by atoms with Crippen LogP contribution >= 0.6 is 0 Å². The third kappa shape index (κ3) is 11.8. The molecule has 0 aromatic carbocycles. The molecule has 0 heterocycles. The summed E-state index contributed by atoms with van der Waals surface area (Å²) in [5.74, 6) is 0.346. The van der Waals surface area contributed by atoms with E-state index in [4.69, 9.17) is 9.47 Å². The van der Waals surface area contributed by atoms with Crippen molar-refractivity contribution < 1.29 is 19.4 Å². The lowest BCUT2D eigenvalue weighted by atomic mass is 10.2. The highest BCUT2D eigenvalue weighted by molar-refractivity contribution is 5.77. The molecular formula is C12H26N2O4. The number of carbonyl (C=O) groups excluding carboxylic acids is 1. The molecule has 0 rings (SSSR count). The summed E-state index contributed by atoms with van der Waals surface area (Å²) in [6, 6.07) is 0. The molecule has 1 amide bonds. The molecule has 0 radical (unpaired) electrons. The predicted molar refractivity (Wildman–Crippen MR) is 69.4 cm³/mol. The van der Waals surface area contributed by atoms with E-state index in [1.807, 2.05) is 0 Å². The maximum Gasteiger partial charge on any atom is 0.234 e. The van der Waals surface area contributed by atoms with Crippen LogP contribution in [0.3, 0.4) is 0 Å². The van der Waals surface area contributed by atoms with Crippen molar-refractivity contribution in [3.05, 3.63) is 0 Å². The highest BCUT2D eigenvalue weighted by atomic mass is 16.5. The van der Waals surface area contributed by atoms with Gasteiger partial charge in [-0.25, -0.2) is 0 Å². The molecule has 0 aliphatic carbocycles. The summed E-state index contributed by atoms with van der Waals surface area (Å²) >= 11 is 0. The van der Waals surface area contributed by atoms with E-state index >= 15 is 0 Å². The highest BCUT2D eigenvalue weighted by Gasteiger charge is 2.06. The molecule has 0 spiro atoms. The van der Waals surface area contributed by atoms with Gasteiger partial charge < -0.3 is 25.2 Å². The summed E-state index contributed by atoms with van der Waals surface area (Å²) in [6.45, 7) is 6.55. The molecule has 6 heteroatoms. The smallest absolute Gasteiger partial charge is 0.234 e. The first-order valence-corrected chi connectivity index (χ1v) is 6.28. The highest BCUT2D eigenvalue weighted by Crippen LogP contribution is 1.93. The van der Waals surface area contributed by atoms with E-state index in [9.17, 15) is 9.90 Å². The monoisotopic (exact) mass is 262 g/mol. The Morgan fingerprint density at radius 2 is 2.06 bits per heavy atom. The lowest BCUT2D eigenvalue weighted by Gasteiger charge is -2.13. The van der Waals surface area contributed by atoms with Crippen LogP contribution in [0.4, 0.5) is 0 Å². The van der Waals surface area contributed by atoms with Crippen LogP contribution in [0.1, 0.15) is 13.8 Å². The van der Waals surface area contributed by atoms with Gasteiger partial charge in [0.25, 0.3) is 0 Å². The molecule has 0 aromatic rings. The van der Waals surface area contributed by atoms with Gasteiger partial charge in [0.15, 0.2) is 0 Å². The van der Waals surface area contributed by atoms with Gasteiger partial charge in [0, 0.05) is 26.8 Å². The first kappa shape index (κ1) is 17.3. The molecule has 0 aliphatic heterocycles. The number of aliphatic hydroxyl groups excluding tert-OH is 1. The van der Waals surface area contributed by atoms with Crippen LogP contribution in [-0.4, -0.2) is 63.7 Å². The Labute approximate surface area is 109 Å². The fraction of sp³-hybridized carbons (Fsp3) is 0.917. The summed E-state index contributed by atoms with van der Waals surface area (Å²) in [4.78, 5) is 11.3.